The summed E-state index contributed by atoms with van der Waals surface area (Å²) in [5.41, 5.74) is 1.80. The smallest absolute Gasteiger partial charge is 0.337 e. The normalized spacial score (nSPS) is 18.6. The Morgan fingerprint density at radius 2 is 2.17 bits per heavy atom. The number of likely N-dealkylation sites (tertiary alicyclic amines) is 1. The maximum absolute atomic E-state index is 12.7. The first-order chi connectivity index (χ1) is 11.3. The molecule has 0 bridgehead atoms. The number of nitrogens with one attached hydrogen (secondary N) is 2. The lowest BCUT2D eigenvalue weighted by Crippen LogP contribution is -2.39. The second kappa shape index (κ2) is 6.22. The first-order valence-corrected chi connectivity index (χ1v) is 8.25. The number of hydrogen-bond acceptors (Lipinski definition) is 4. The van der Waals surface area contributed by atoms with Crippen molar-refractivity contribution in [2.45, 2.75) is 44.9 Å². The Bertz CT molecular complexity index is 787. The Morgan fingerprint density at radius 3 is 2.83 bits per heavy atom. The van der Waals surface area contributed by atoms with E-state index in [1.807, 2.05) is 17.0 Å². The maximum Gasteiger partial charge on any atom is 0.345 e. The molecule has 1 aliphatic rings. The van der Waals surface area contributed by atoms with Crippen molar-refractivity contribution in [2.24, 2.45) is 0 Å². The van der Waals surface area contributed by atoms with E-state index < -0.39 is 0 Å². The fourth-order valence-electron chi connectivity index (χ4n) is 3.01. The predicted molar refractivity (Wildman–Crippen MR) is 90.0 cm³/mol. The van der Waals surface area contributed by atoms with Gasteiger partial charge in [-0.1, -0.05) is 20.8 Å². The minimum Gasteiger partial charge on any atom is -0.337 e. The van der Waals surface area contributed by atoms with Gasteiger partial charge in [0, 0.05) is 42.0 Å². The topological polar surface area (TPSA) is 94.7 Å². The summed E-state index contributed by atoms with van der Waals surface area (Å²) < 4.78 is 0. The number of carbonyl (C=O) groups is 1. The van der Waals surface area contributed by atoms with Gasteiger partial charge in [-0.05, 0) is 25.0 Å². The Balaban J connectivity index is 1.76. The average molecular weight is 329 g/mol. The van der Waals surface area contributed by atoms with Gasteiger partial charge in [-0.3, -0.25) is 9.89 Å². The van der Waals surface area contributed by atoms with Crippen LogP contribution in [0.25, 0.3) is 0 Å². The molecule has 24 heavy (non-hydrogen) atoms. The Hall–Kier alpha value is -2.44. The number of carbonyl (C=O) groups excluding carboxylic acids is 1. The third-order valence-corrected chi connectivity index (χ3v) is 4.45. The fraction of sp³-hybridized carbons (Fsp3) is 0.529. The van der Waals surface area contributed by atoms with E-state index >= 15 is 0 Å². The molecule has 1 aliphatic heterocycles. The molecule has 0 radical (unpaired) electrons. The van der Waals surface area contributed by atoms with Gasteiger partial charge in [-0.15, -0.1) is 0 Å². The highest BCUT2D eigenvalue weighted by atomic mass is 16.2. The zero-order valence-corrected chi connectivity index (χ0v) is 14.3. The van der Waals surface area contributed by atoms with Crippen molar-refractivity contribution in [2.75, 3.05) is 13.1 Å². The van der Waals surface area contributed by atoms with Gasteiger partial charge in [0.15, 0.2) is 0 Å². The van der Waals surface area contributed by atoms with E-state index in [0.29, 0.717) is 18.8 Å². The largest absolute Gasteiger partial charge is 0.345 e. The van der Waals surface area contributed by atoms with Crippen LogP contribution in [0.4, 0.5) is 0 Å². The zero-order valence-electron chi connectivity index (χ0n) is 14.3. The highest BCUT2D eigenvalue weighted by Crippen LogP contribution is 2.26. The third-order valence-electron chi connectivity index (χ3n) is 4.45. The molecule has 0 saturated carbocycles. The molecule has 7 nitrogen and oxygen atoms in total. The number of aromatic nitrogens is 4. The second-order valence-corrected chi connectivity index (χ2v) is 7.34. The molecule has 1 saturated heterocycles. The first-order valence-electron chi connectivity index (χ1n) is 8.25. The predicted octanol–water partition coefficient (Wildman–Crippen LogP) is 1.81. The van der Waals surface area contributed by atoms with E-state index in [4.69, 9.17) is 0 Å². The van der Waals surface area contributed by atoms with Crippen LogP contribution >= 0.6 is 0 Å². The number of piperidine rings is 1. The molecule has 2 N–H and O–H groups in total. The molecule has 0 spiro atoms. The number of nitrogens with zero attached hydrogens (tertiary/aromatic N) is 3. The van der Waals surface area contributed by atoms with Crippen molar-refractivity contribution in [1.29, 1.82) is 0 Å². The van der Waals surface area contributed by atoms with Crippen molar-refractivity contribution in [1.82, 2.24) is 25.1 Å². The summed E-state index contributed by atoms with van der Waals surface area (Å²) in [5, 5.41) is 7.15. The number of hydrogen-bond donors (Lipinski definition) is 2. The van der Waals surface area contributed by atoms with Gasteiger partial charge in [0.05, 0.1) is 0 Å². The zero-order chi connectivity index (χ0) is 17.3. The second-order valence-electron chi connectivity index (χ2n) is 7.34. The molecule has 2 aromatic heterocycles. The van der Waals surface area contributed by atoms with Gasteiger partial charge in [0.2, 0.25) is 0 Å². The number of H-pyrrole nitrogens is 2. The summed E-state index contributed by atoms with van der Waals surface area (Å²) in [6.07, 6.45) is 3.35. The molecule has 1 atom stereocenters. The lowest BCUT2D eigenvalue weighted by Gasteiger charge is -2.32. The van der Waals surface area contributed by atoms with Gasteiger partial charge in [-0.25, -0.2) is 9.78 Å². The maximum atomic E-state index is 12.7. The van der Waals surface area contributed by atoms with Gasteiger partial charge in [0.1, 0.15) is 5.69 Å². The molecule has 3 rings (SSSR count). The van der Waals surface area contributed by atoms with Crippen LogP contribution in [0, 0.1) is 0 Å². The van der Waals surface area contributed by atoms with Crippen LogP contribution in [-0.2, 0) is 5.41 Å². The standard InChI is InChI=1S/C17H23N5O2/c1-17(2,3)14-9-13(20-21-14)15(23)22-8-4-5-11(10-22)12-6-7-18-16(24)19-12/h6-7,9,11H,4-5,8,10H2,1-3H3,(H,20,21)(H,18,19,24). The number of rotatable bonds is 2. The summed E-state index contributed by atoms with van der Waals surface area (Å²) >= 11 is 0. The molecule has 1 amide bonds. The van der Waals surface area contributed by atoms with Crippen LogP contribution < -0.4 is 5.69 Å². The minimum absolute atomic E-state index is 0.0668. The lowest BCUT2D eigenvalue weighted by atomic mass is 9.92. The quantitative estimate of drug-likeness (QED) is 0.878. The van der Waals surface area contributed by atoms with Crippen molar-refractivity contribution < 1.29 is 4.79 Å². The van der Waals surface area contributed by atoms with E-state index in [2.05, 4.69) is 40.9 Å². The molecule has 2 aromatic rings. The van der Waals surface area contributed by atoms with Gasteiger partial charge >= 0.3 is 5.69 Å². The lowest BCUT2D eigenvalue weighted by molar-refractivity contribution is 0.0700. The third kappa shape index (κ3) is 3.39. The van der Waals surface area contributed by atoms with Crippen molar-refractivity contribution in [3.63, 3.8) is 0 Å². The Kier molecular flexibility index (Phi) is 4.26. The molecule has 3 heterocycles. The van der Waals surface area contributed by atoms with Crippen LogP contribution in [0.1, 0.15) is 61.4 Å². The van der Waals surface area contributed by atoms with Crippen molar-refractivity contribution in [3.05, 3.63) is 45.9 Å². The molecule has 0 aromatic carbocycles. The molecule has 0 aliphatic carbocycles. The number of amides is 1. The molecule has 1 fully saturated rings. The Morgan fingerprint density at radius 1 is 1.38 bits per heavy atom. The molecule has 1 unspecified atom stereocenters. The first kappa shape index (κ1) is 16.4. The SMILES string of the molecule is CC(C)(C)c1cc(C(=O)N2CCCC(c3ccnc(=O)[nH]3)C2)n[nH]1. The summed E-state index contributed by atoms with van der Waals surface area (Å²) in [4.78, 5) is 32.4. The van der Waals surface area contributed by atoms with Crippen LogP contribution in [0.5, 0.6) is 0 Å². The molecular weight excluding hydrogens is 306 g/mol. The van der Waals surface area contributed by atoms with Crippen LogP contribution in [0.2, 0.25) is 0 Å². The number of aromatic amines is 2. The summed E-state index contributed by atoms with van der Waals surface area (Å²) in [7, 11) is 0. The van der Waals surface area contributed by atoms with Gasteiger partial charge in [-0.2, -0.15) is 5.10 Å². The monoisotopic (exact) mass is 329 g/mol. The van der Waals surface area contributed by atoms with Gasteiger partial charge < -0.3 is 9.88 Å². The van der Waals surface area contributed by atoms with E-state index in [0.717, 1.165) is 24.2 Å². The summed E-state index contributed by atoms with van der Waals surface area (Å²) in [5.74, 6) is 0.0577. The van der Waals surface area contributed by atoms with Crippen LogP contribution in [0.3, 0.4) is 0 Å². The summed E-state index contributed by atoms with van der Waals surface area (Å²) in [6, 6.07) is 3.65. The molecular formula is C17H23N5O2. The van der Waals surface area contributed by atoms with Gasteiger partial charge in [0.25, 0.3) is 5.91 Å². The Labute approximate surface area is 140 Å². The van der Waals surface area contributed by atoms with E-state index in [-0.39, 0.29) is 22.9 Å². The van der Waals surface area contributed by atoms with E-state index in [1.54, 1.807) is 0 Å². The van der Waals surface area contributed by atoms with Crippen LogP contribution in [0.15, 0.2) is 23.1 Å². The fourth-order valence-corrected chi connectivity index (χ4v) is 3.01. The average Bonchev–Trinajstić information content (AvgIpc) is 3.04. The highest BCUT2D eigenvalue weighted by Gasteiger charge is 2.28. The molecule has 128 valence electrons. The van der Waals surface area contributed by atoms with Crippen LogP contribution in [-0.4, -0.2) is 44.1 Å². The van der Waals surface area contributed by atoms with E-state index in [1.165, 1.54) is 6.20 Å². The van der Waals surface area contributed by atoms with Crippen molar-refractivity contribution in [3.8, 4) is 0 Å². The van der Waals surface area contributed by atoms with E-state index in [9.17, 15) is 9.59 Å². The molecule has 7 heteroatoms. The van der Waals surface area contributed by atoms with Crippen molar-refractivity contribution >= 4 is 5.91 Å². The summed E-state index contributed by atoms with van der Waals surface area (Å²) in [6.45, 7) is 7.52. The minimum atomic E-state index is -0.349. The highest BCUT2D eigenvalue weighted by molar-refractivity contribution is 5.92.